The minimum atomic E-state index is -0.107. The van der Waals surface area contributed by atoms with Gasteiger partial charge in [-0.3, -0.25) is 4.79 Å². The molecule has 0 bridgehead atoms. The van der Waals surface area contributed by atoms with Crippen molar-refractivity contribution >= 4 is 24.3 Å². The van der Waals surface area contributed by atoms with Crippen LogP contribution in [0.1, 0.15) is 35.7 Å². The van der Waals surface area contributed by atoms with Gasteiger partial charge < -0.3 is 14.5 Å². The highest BCUT2D eigenvalue weighted by molar-refractivity contribution is 5.96. The molecular formula is C20H24ClN5O2. The molecule has 28 heavy (non-hydrogen) atoms. The molecule has 1 aliphatic heterocycles. The lowest BCUT2D eigenvalue weighted by atomic mass is 10.1. The zero-order valence-corrected chi connectivity index (χ0v) is 16.7. The summed E-state index contributed by atoms with van der Waals surface area (Å²) in [5.41, 5.74) is 0.862. The van der Waals surface area contributed by atoms with Crippen molar-refractivity contribution < 1.29 is 9.53 Å². The number of hydrogen-bond donors (Lipinski definition) is 0. The third-order valence-electron chi connectivity index (χ3n) is 4.49. The molecule has 1 saturated heterocycles. The van der Waals surface area contributed by atoms with E-state index in [-0.39, 0.29) is 18.3 Å². The predicted molar refractivity (Wildman–Crippen MR) is 109 cm³/mol. The number of nitrogens with zero attached hydrogens (tertiary/aromatic N) is 5. The van der Waals surface area contributed by atoms with Gasteiger partial charge in [-0.05, 0) is 18.6 Å². The number of amides is 1. The largest absolute Gasteiger partial charge is 0.478 e. The number of piperazine rings is 1. The fourth-order valence-electron chi connectivity index (χ4n) is 2.93. The molecule has 1 aromatic carbocycles. The minimum Gasteiger partial charge on any atom is -0.478 e. The van der Waals surface area contributed by atoms with Crippen LogP contribution in [0.5, 0.6) is 5.88 Å². The Bertz CT molecular complexity index is 831. The molecule has 7 nitrogen and oxygen atoms in total. The first-order valence-electron chi connectivity index (χ1n) is 9.22. The quantitative estimate of drug-likeness (QED) is 0.692. The topological polar surface area (TPSA) is 82.4 Å². The number of benzene rings is 1. The smallest absolute Gasteiger partial charge is 0.255 e. The monoisotopic (exact) mass is 401 g/mol. The van der Waals surface area contributed by atoms with Crippen molar-refractivity contribution in [2.45, 2.75) is 19.8 Å². The standard InChI is InChI=1S/C20H23N5O2.ClH/c1-2-3-14-27-18-8-9-22-20(23-18)25-12-10-24(11-13-25)19(26)17-7-5-4-6-16(17)15-21;/h4-9H,2-3,10-14H2,1H3;1H. The SMILES string of the molecule is CCCCOc1ccnc(N2CCN(C(=O)c3ccccc3C#N)CC2)n1.Cl. The number of carbonyl (C=O) groups is 1. The lowest BCUT2D eigenvalue weighted by Crippen LogP contribution is -2.49. The van der Waals surface area contributed by atoms with Crippen LogP contribution < -0.4 is 9.64 Å². The fourth-order valence-corrected chi connectivity index (χ4v) is 2.93. The van der Waals surface area contributed by atoms with Crippen LogP contribution in [0.4, 0.5) is 5.95 Å². The van der Waals surface area contributed by atoms with Crippen LogP contribution in [0, 0.1) is 11.3 Å². The molecule has 0 aliphatic carbocycles. The molecule has 0 atom stereocenters. The summed E-state index contributed by atoms with van der Waals surface area (Å²) in [4.78, 5) is 25.4. The molecule has 0 unspecified atom stereocenters. The zero-order chi connectivity index (χ0) is 19.1. The van der Waals surface area contributed by atoms with Gasteiger partial charge in [-0.15, -0.1) is 12.4 Å². The van der Waals surface area contributed by atoms with E-state index in [0.29, 0.717) is 55.7 Å². The highest BCUT2D eigenvalue weighted by Gasteiger charge is 2.25. The van der Waals surface area contributed by atoms with Gasteiger partial charge >= 0.3 is 0 Å². The Labute approximate surface area is 171 Å². The zero-order valence-electron chi connectivity index (χ0n) is 15.9. The van der Waals surface area contributed by atoms with Crippen molar-refractivity contribution in [1.29, 1.82) is 5.26 Å². The second-order valence-electron chi connectivity index (χ2n) is 6.33. The highest BCUT2D eigenvalue weighted by Crippen LogP contribution is 2.17. The Morgan fingerprint density at radius 1 is 1.21 bits per heavy atom. The van der Waals surface area contributed by atoms with Crippen molar-refractivity contribution in [2.75, 3.05) is 37.7 Å². The van der Waals surface area contributed by atoms with Crippen LogP contribution in [0.25, 0.3) is 0 Å². The van der Waals surface area contributed by atoms with Crippen LogP contribution >= 0.6 is 12.4 Å². The van der Waals surface area contributed by atoms with Crippen LogP contribution in [0.2, 0.25) is 0 Å². The lowest BCUT2D eigenvalue weighted by molar-refractivity contribution is 0.0746. The summed E-state index contributed by atoms with van der Waals surface area (Å²) in [6.07, 6.45) is 3.76. The van der Waals surface area contributed by atoms with Gasteiger partial charge in [0.05, 0.1) is 23.8 Å². The van der Waals surface area contributed by atoms with Gasteiger partial charge in [0.25, 0.3) is 5.91 Å². The Hall–Kier alpha value is -2.85. The van der Waals surface area contributed by atoms with Crippen molar-refractivity contribution in [2.24, 2.45) is 0 Å². The number of unbranched alkanes of at least 4 members (excludes halogenated alkanes) is 1. The number of nitriles is 1. The molecule has 0 spiro atoms. The molecule has 0 N–H and O–H groups in total. The van der Waals surface area contributed by atoms with E-state index in [1.54, 1.807) is 41.4 Å². The minimum absolute atomic E-state index is 0. The maximum absolute atomic E-state index is 12.7. The molecule has 148 valence electrons. The summed E-state index contributed by atoms with van der Waals surface area (Å²) in [6, 6.07) is 10.8. The summed E-state index contributed by atoms with van der Waals surface area (Å²) >= 11 is 0. The van der Waals surface area contributed by atoms with Gasteiger partial charge in [0.1, 0.15) is 0 Å². The van der Waals surface area contributed by atoms with Crippen LogP contribution in [-0.2, 0) is 0 Å². The molecule has 2 heterocycles. The van der Waals surface area contributed by atoms with Gasteiger partial charge in [-0.25, -0.2) is 4.98 Å². The van der Waals surface area contributed by atoms with Gasteiger partial charge in [0.2, 0.25) is 11.8 Å². The van der Waals surface area contributed by atoms with Gasteiger partial charge in [0.15, 0.2) is 0 Å². The lowest BCUT2D eigenvalue weighted by Gasteiger charge is -2.34. The van der Waals surface area contributed by atoms with E-state index in [1.807, 2.05) is 4.90 Å². The predicted octanol–water partition coefficient (Wildman–Crippen LogP) is 2.91. The molecule has 1 aliphatic rings. The molecule has 8 heteroatoms. The number of hydrogen-bond acceptors (Lipinski definition) is 6. The van der Waals surface area contributed by atoms with Crippen molar-refractivity contribution in [3.8, 4) is 11.9 Å². The summed E-state index contributed by atoms with van der Waals surface area (Å²) in [7, 11) is 0. The molecule has 0 radical (unpaired) electrons. The molecule has 1 amide bonds. The molecule has 1 fully saturated rings. The molecule has 0 saturated carbocycles. The average molecular weight is 402 g/mol. The van der Waals surface area contributed by atoms with Gasteiger partial charge in [0, 0.05) is 38.4 Å². The van der Waals surface area contributed by atoms with Gasteiger partial charge in [-0.1, -0.05) is 25.5 Å². The third-order valence-corrected chi connectivity index (χ3v) is 4.49. The van der Waals surface area contributed by atoms with Crippen LogP contribution in [0.3, 0.4) is 0 Å². The third kappa shape index (κ3) is 5.11. The maximum Gasteiger partial charge on any atom is 0.255 e. The van der Waals surface area contributed by atoms with Gasteiger partial charge in [-0.2, -0.15) is 10.2 Å². The van der Waals surface area contributed by atoms with E-state index < -0.39 is 0 Å². The molecule has 3 rings (SSSR count). The van der Waals surface area contributed by atoms with E-state index in [1.165, 1.54) is 0 Å². The van der Waals surface area contributed by atoms with E-state index in [9.17, 15) is 10.1 Å². The molecule has 1 aromatic heterocycles. The first-order chi connectivity index (χ1) is 13.2. The molecular weight excluding hydrogens is 378 g/mol. The number of anilines is 1. The summed E-state index contributed by atoms with van der Waals surface area (Å²) < 4.78 is 5.65. The summed E-state index contributed by atoms with van der Waals surface area (Å²) in [5, 5.41) is 9.20. The average Bonchev–Trinajstić information content (AvgIpc) is 2.74. The maximum atomic E-state index is 12.7. The number of carbonyl (C=O) groups excluding carboxylic acids is 1. The van der Waals surface area contributed by atoms with Crippen molar-refractivity contribution in [3.63, 3.8) is 0 Å². The van der Waals surface area contributed by atoms with E-state index in [2.05, 4.69) is 23.0 Å². The Morgan fingerprint density at radius 3 is 2.68 bits per heavy atom. The van der Waals surface area contributed by atoms with Crippen LogP contribution in [-0.4, -0.2) is 53.6 Å². The van der Waals surface area contributed by atoms with Crippen LogP contribution in [0.15, 0.2) is 36.5 Å². The fraction of sp³-hybridized carbons (Fsp3) is 0.400. The number of rotatable bonds is 6. The Morgan fingerprint density at radius 2 is 1.96 bits per heavy atom. The number of halogens is 1. The van der Waals surface area contributed by atoms with E-state index in [4.69, 9.17) is 4.74 Å². The normalized spacial score (nSPS) is 13.4. The van der Waals surface area contributed by atoms with Crippen molar-refractivity contribution in [3.05, 3.63) is 47.7 Å². The Balaban J connectivity index is 0.00000280. The summed E-state index contributed by atoms with van der Waals surface area (Å²) in [5.74, 6) is 1.09. The first kappa shape index (κ1) is 21.5. The number of ether oxygens (including phenoxy) is 1. The Kier molecular flexibility index (Phi) is 8.02. The molecule has 2 aromatic rings. The second-order valence-corrected chi connectivity index (χ2v) is 6.33. The number of aromatic nitrogens is 2. The second kappa shape index (κ2) is 10.5. The van der Waals surface area contributed by atoms with E-state index in [0.717, 1.165) is 12.8 Å². The highest BCUT2D eigenvalue weighted by atomic mass is 35.5. The van der Waals surface area contributed by atoms with E-state index >= 15 is 0 Å². The first-order valence-corrected chi connectivity index (χ1v) is 9.22. The van der Waals surface area contributed by atoms with Crippen molar-refractivity contribution in [1.82, 2.24) is 14.9 Å². The summed E-state index contributed by atoms with van der Waals surface area (Å²) in [6.45, 7) is 5.15.